The standard InChI is InChI=1S/C18H38N2S/c1-7-19-18-9-8-16(14(2)3)12-17(18)13-20(5)15(4)10-11-21-6/h14-19H,7-13H2,1-6H3. The van der Waals surface area contributed by atoms with Gasteiger partial charge in [-0.25, -0.2) is 0 Å². The van der Waals surface area contributed by atoms with E-state index in [4.69, 9.17) is 0 Å². The van der Waals surface area contributed by atoms with Crippen LogP contribution in [0, 0.1) is 17.8 Å². The van der Waals surface area contributed by atoms with Crippen molar-refractivity contribution in [1.82, 2.24) is 10.2 Å². The second-order valence-corrected chi connectivity index (χ2v) is 8.30. The molecular formula is C18H38N2S. The van der Waals surface area contributed by atoms with Gasteiger partial charge in [-0.3, -0.25) is 0 Å². The van der Waals surface area contributed by atoms with E-state index in [2.05, 4.69) is 51.2 Å². The van der Waals surface area contributed by atoms with Crippen LogP contribution in [-0.4, -0.2) is 49.1 Å². The lowest BCUT2D eigenvalue weighted by Gasteiger charge is -2.41. The van der Waals surface area contributed by atoms with Gasteiger partial charge in [0.1, 0.15) is 0 Å². The molecule has 0 aliphatic heterocycles. The SMILES string of the molecule is CCNC1CCC(C(C)C)CC1CN(C)C(C)CCSC. The highest BCUT2D eigenvalue weighted by Crippen LogP contribution is 2.34. The molecule has 1 aliphatic rings. The largest absolute Gasteiger partial charge is 0.314 e. The zero-order chi connectivity index (χ0) is 15.8. The highest BCUT2D eigenvalue weighted by Gasteiger charge is 2.32. The quantitative estimate of drug-likeness (QED) is 0.689. The van der Waals surface area contributed by atoms with Gasteiger partial charge in [-0.2, -0.15) is 11.8 Å². The van der Waals surface area contributed by atoms with E-state index in [0.29, 0.717) is 6.04 Å². The Bertz CT molecular complexity index is 270. The summed E-state index contributed by atoms with van der Waals surface area (Å²) < 4.78 is 0. The number of nitrogens with zero attached hydrogens (tertiary/aromatic N) is 1. The average Bonchev–Trinajstić information content (AvgIpc) is 2.46. The maximum absolute atomic E-state index is 3.75. The van der Waals surface area contributed by atoms with Crippen molar-refractivity contribution in [3.05, 3.63) is 0 Å². The van der Waals surface area contributed by atoms with E-state index in [1.54, 1.807) is 0 Å². The smallest absolute Gasteiger partial charge is 0.0108 e. The van der Waals surface area contributed by atoms with Crippen molar-refractivity contribution in [2.75, 3.05) is 32.1 Å². The van der Waals surface area contributed by atoms with E-state index in [1.165, 1.54) is 38.0 Å². The first kappa shape index (κ1) is 19.3. The van der Waals surface area contributed by atoms with Crippen LogP contribution in [-0.2, 0) is 0 Å². The summed E-state index contributed by atoms with van der Waals surface area (Å²) in [6.07, 6.45) is 7.72. The Hall–Kier alpha value is 0.270. The van der Waals surface area contributed by atoms with Crippen LogP contribution in [0.5, 0.6) is 0 Å². The highest BCUT2D eigenvalue weighted by molar-refractivity contribution is 7.98. The lowest BCUT2D eigenvalue weighted by atomic mass is 9.73. The molecule has 4 atom stereocenters. The summed E-state index contributed by atoms with van der Waals surface area (Å²) in [5, 5.41) is 3.75. The Morgan fingerprint density at radius 3 is 2.52 bits per heavy atom. The van der Waals surface area contributed by atoms with Crippen molar-refractivity contribution in [3.63, 3.8) is 0 Å². The third-order valence-corrected chi connectivity index (χ3v) is 6.09. The maximum atomic E-state index is 3.75. The zero-order valence-electron chi connectivity index (χ0n) is 15.2. The Morgan fingerprint density at radius 1 is 1.24 bits per heavy atom. The third-order valence-electron chi connectivity index (χ3n) is 5.45. The topological polar surface area (TPSA) is 15.3 Å². The van der Waals surface area contributed by atoms with Gasteiger partial charge in [0.2, 0.25) is 0 Å². The molecule has 0 aromatic carbocycles. The lowest BCUT2D eigenvalue weighted by Crippen LogP contribution is -2.47. The maximum Gasteiger partial charge on any atom is 0.0108 e. The molecule has 1 saturated carbocycles. The first-order valence-corrected chi connectivity index (χ1v) is 10.3. The van der Waals surface area contributed by atoms with Gasteiger partial charge in [0.05, 0.1) is 0 Å². The van der Waals surface area contributed by atoms with Crippen LogP contribution in [0.3, 0.4) is 0 Å². The molecule has 3 heteroatoms. The van der Waals surface area contributed by atoms with Crippen LogP contribution in [0.2, 0.25) is 0 Å². The van der Waals surface area contributed by atoms with Crippen LogP contribution in [0.15, 0.2) is 0 Å². The number of hydrogen-bond donors (Lipinski definition) is 1. The summed E-state index contributed by atoms with van der Waals surface area (Å²) in [6, 6.07) is 1.44. The molecule has 126 valence electrons. The van der Waals surface area contributed by atoms with Crippen molar-refractivity contribution >= 4 is 11.8 Å². The van der Waals surface area contributed by atoms with Crippen molar-refractivity contribution in [3.8, 4) is 0 Å². The lowest BCUT2D eigenvalue weighted by molar-refractivity contribution is 0.117. The molecule has 0 saturated heterocycles. The minimum Gasteiger partial charge on any atom is -0.314 e. The third kappa shape index (κ3) is 6.50. The van der Waals surface area contributed by atoms with Gasteiger partial charge in [-0.1, -0.05) is 20.8 Å². The second kappa shape index (κ2) is 10.1. The molecule has 1 rings (SSSR count). The van der Waals surface area contributed by atoms with Gasteiger partial charge in [0.15, 0.2) is 0 Å². The van der Waals surface area contributed by atoms with E-state index in [9.17, 15) is 0 Å². The molecule has 0 spiro atoms. The first-order chi connectivity index (χ1) is 9.99. The fourth-order valence-electron chi connectivity index (χ4n) is 3.70. The van der Waals surface area contributed by atoms with Gasteiger partial charge < -0.3 is 10.2 Å². The van der Waals surface area contributed by atoms with Crippen molar-refractivity contribution in [1.29, 1.82) is 0 Å². The number of thioether (sulfide) groups is 1. The molecule has 1 fully saturated rings. The minimum absolute atomic E-state index is 0.708. The zero-order valence-corrected chi connectivity index (χ0v) is 16.0. The predicted octanol–water partition coefficient (Wildman–Crippen LogP) is 4.11. The van der Waals surface area contributed by atoms with Gasteiger partial charge in [0, 0.05) is 18.6 Å². The van der Waals surface area contributed by atoms with Crippen molar-refractivity contribution < 1.29 is 0 Å². The molecule has 0 radical (unpaired) electrons. The Morgan fingerprint density at radius 2 is 1.95 bits per heavy atom. The molecule has 0 aromatic rings. The number of rotatable bonds is 9. The molecule has 21 heavy (non-hydrogen) atoms. The first-order valence-electron chi connectivity index (χ1n) is 8.92. The van der Waals surface area contributed by atoms with Gasteiger partial charge in [0.25, 0.3) is 0 Å². The molecule has 0 bridgehead atoms. The normalized spacial score (nSPS) is 28.3. The van der Waals surface area contributed by atoms with Crippen molar-refractivity contribution in [2.24, 2.45) is 17.8 Å². The molecule has 2 nitrogen and oxygen atoms in total. The Balaban J connectivity index is 2.56. The monoisotopic (exact) mass is 314 g/mol. The summed E-state index contributed by atoms with van der Waals surface area (Å²) in [5.74, 6) is 3.88. The Kier molecular flexibility index (Phi) is 9.31. The molecule has 1 N–H and O–H groups in total. The molecule has 0 aromatic heterocycles. The second-order valence-electron chi connectivity index (χ2n) is 7.31. The number of hydrogen-bond acceptors (Lipinski definition) is 3. The molecule has 0 amide bonds. The fourth-order valence-corrected chi connectivity index (χ4v) is 4.27. The molecule has 1 aliphatic carbocycles. The van der Waals surface area contributed by atoms with Crippen LogP contribution < -0.4 is 5.32 Å². The summed E-state index contributed by atoms with van der Waals surface area (Å²) in [4.78, 5) is 2.61. The van der Waals surface area contributed by atoms with E-state index in [-0.39, 0.29) is 0 Å². The predicted molar refractivity (Wildman–Crippen MR) is 98.2 cm³/mol. The Labute approximate surface area is 137 Å². The summed E-state index contributed by atoms with van der Waals surface area (Å²) in [7, 11) is 2.33. The van der Waals surface area contributed by atoms with Gasteiger partial charge in [-0.05, 0) is 76.0 Å². The van der Waals surface area contributed by atoms with E-state index in [1.807, 2.05) is 11.8 Å². The van der Waals surface area contributed by atoms with E-state index < -0.39 is 0 Å². The summed E-state index contributed by atoms with van der Waals surface area (Å²) >= 11 is 1.97. The molecule has 0 heterocycles. The van der Waals surface area contributed by atoms with Crippen LogP contribution >= 0.6 is 11.8 Å². The van der Waals surface area contributed by atoms with Gasteiger partial charge in [-0.15, -0.1) is 0 Å². The van der Waals surface area contributed by atoms with E-state index in [0.717, 1.165) is 30.3 Å². The van der Waals surface area contributed by atoms with Crippen LogP contribution in [0.1, 0.15) is 53.4 Å². The average molecular weight is 315 g/mol. The van der Waals surface area contributed by atoms with Crippen molar-refractivity contribution in [2.45, 2.75) is 65.5 Å². The fraction of sp³-hybridized carbons (Fsp3) is 1.00. The molecular weight excluding hydrogens is 276 g/mol. The van der Waals surface area contributed by atoms with Crippen LogP contribution in [0.4, 0.5) is 0 Å². The van der Waals surface area contributed by atoms with Crippen LogP contribution in [0.25, 0.3) is 0 Å². The van der Waals surface area contributed by atoms with E-state index >= 15 is 0 Å². The highest BCUT2D eigenvalue weighted by atomic mass is 32.2. The van der Waals surface area contributed by atoms with Gasteiger partial charge >= 0.3 is 0 Å². The molecule has 4 unspecified atom stereocenters. The minimum atomic E-state index is 0.708. The summed E-state index contributed by atoms with van der Waals surface area (Å²) in [5.41, 5.74) is 0. The number of nitrogens with one attached hydrogen (secondary N) is 1. The summed E-state index contributed by atoms with van der Waals surface area (Å²) in [6.45, 7) is 11.8.